The molecule has 1 aromatic heterocycles. The molecule has 9 heteroatoms. The summed E-state index contributed by atoms with van der Waals surface area (Å²) in [7, 11) is 0. The van der Waals surface area contributed by atoms with Gasteiger partial charge in [0.2, 0.25) is 5.82 Å². The molecule has 0 bridgehead atoms. The van der Waals surface area contributed by atoms with Gasteiger partial charge in [-0.15, -0.1) is 5.10 Å². The Kier molecular flexibility index (Phi) is 6.12. The maximum absolute atomic E-state index is 12.9. The van der Waals surface area contributed by atoms with E-state index in [1.54, 1.807) is 10.7 Å². The van der Waals surface area contributed by atoms with Crippen molar-refractivity contribution in [2.75, 3.05) is 11.9 Å². The lowest BCUT2D eigenvalue weighted by molar-refractivity contribution is -0.384. The lowest BCUT2D eigenvalue weighted by atomic mass is 10.1. The van der Waals surface area contributed by atoms with E-state index in [9.17, 15) is 14.9 Å². The SMILES string of the molecule is CCOc1ccc(-n2nc(C(=O)Nc3cccc([N+](=O)[O-])c3)nc2-c2ccc(C)cc2)cc1. The van der Waals surface area contributed by atoms with Crippen molar-refractivity contribution in [3.05, 3.63) is 94.3 Å². The van der Waals surface area contributed by atoms with Gasteiger partial charge in [0.15, 0.2) is 5.82 Å². The van der Waals surface area contributed by atoms with E-state index in [1.807, 2.05) is 62.4 Å². The second-order valence-corrected chi connectivity index (χ2v) is 7.23. The summed E-state index contributed by atoms with van der Waals surface area (Å²) in [6.07, 6.45) is 0. The Bertz CT molecular complexity index is 1300. The van der Waals surface area contributed by atoms with E-state index in [1.165, 1.54) is 18.2 Å². The van der Waals surface area contributed by atoms with Crippen molar-refractivity contribution < 1.29 is 14.5 Å². The average molecular weight is 443 g/mol. The van der Waals surface area contributed by atoms with E-state index in [0.29, 0.717) is 18.1 Å². The zero-order valence-electron chi connectivity index (χ0n) is 18.1. The van der Waals surface area contributed by atoms with Crippen LogP contribution in [0, 0.1) is 17.0 Å². The molecule has 0 aliphatic heterocycles. The van der Waals surface area contributed by atoms with Crippen LogP contribution in [0.4, 0.5) is 11.4 Å². The molecule has 0 saturated carbocycles. The first-order valence-corrected chi connectivity index (χ1v) is 10.3. The summed E-state index contributed by atoms with van der Waals surface area (Å²) in [5, 5.41) is 18.1. The Morgan fingerprint density at radius 2 is 1.82 bits per heavy atom. The highest BCUT2D eigenvalue weighted by atomic mass is 16.6. The minimum atomic E-state index is -0.575. The van der Waals surface area contributed by atoms with Crippen LogP contribution in [0.25, 0.3) is 17.1 Å². The molecule has 0 spiro atoms. The summed E-state index contributed by atoms with van der Waals surface area (Å²) in [5.74, 6) is 0.574. The van der Waals surface area contributed by atoms with Crippen molar-refractivity contribution in [1.82, 2.24) is 14.8 Å². The Morgan fingerprint density at radius 1 is 1.09 bits per heavy atom. The minimum Gasteiger partial charge on any atom is -0.494 e. The number of amides is 1. The van der Waals surface area contributed by atoms with Crippen LogP contribution in [0.1, 0.15) is 23.1 Å². The number of carbonyl (C=O) groups is 1. The zero-order chi connectivity index (χ0) is 23.4. The van der Waals surface area contributed by atoms with Gasteiger partial charge in [0.25, 0.3) is 11.6 Å². The molecule has 0 radical (unpaired) electrons. The number of benzene rings is 3. The van der Waals surface area contributed by atoms with E-state index >= 15 is 0 Å². The van der Waals surface area contributed by atoms with Crippen molar-refractivity contribution in [3.8, 4) is 22.8 Å². The van der Waals surface area contributed by atoms with Crippen molar-refractivity contribution in [2.24, 2.45) is 0 Å². The maximum Gasteiger partial charge on any atom is 0.295 e. The molecule has 0 fully saturated rings. The zero-order valence-corrected chi connectivity index (χ0v) is 18.1. The summed E-state index contributed by atoms with van der Waals surface area (Å²) >= 11 is 0. The largest absolute Gasteiger partial charge is 0.494 e. The third-order valence-corrected chi connectivity index (χ3v) is 4.83. The summed E-state index contributed by atoms with van der Waals surface area (Å²) in [6, 6.07) is 20.7. The fourth-order valence-electron chi connectivity index (χ4n) is 3.21. The number of aryl methyl sites for hydroxylation is 1. The van der Waals surface area contributed by atoms with Gasteiger partial charge in [-0.3, -0.25) is 14.9 Å². The molecule has 4 aromatic rings. The van der Waals surface area contributed by atoms with Crippen LogP contribution >= 0.6 is 0 Å². The Labute approximate surface area is 189 Å². The number of carbonyl (C=O) groups excluding carboxylic acids is 1. The lowest BCUT2D eigenvalue weighted by Gasteiger charge is -2.08. The first-order valence-electron chi connectivity index (χ1n) is 10.3. The molecule has 0 aliphatic rings. The molecule has 0 atom stereocenters. The van der Waals surface area contributed by atoms with Gasteiger partial charge in [-0.25, -0.2) is 9.67 Å². The topological polar surface area (TPSA) is 112 Å². The molecule has 3 aromatic carbocycles. The number of hydrogen-bond donors (Lipinski definition) is 1. The molecule has 4 rings (SSSR count). The van der Waals surface area contributed by atoms with Gasteiger partial charge in [-0.05, 0) is 44.2 Å². The summed E-state index contributed by atoms with van der Waals surface area (Å²) in [6.45, 7) is 4.45. The number of rotatable bonds is 7. The minimum absolute atomic E-state index is 0.0639. The fraction of sp³-hybridized carbons (Fsp3) is 0.125. The van der Waals surface area contributed by atoms with Gasteiger partial charge in [0.05, 0.1) is 17.2 Å². The van der Waals surface area contributed by atoms with E-state index in [4.69, 9.17) is 4.74 Å². The maximum atomic E-state index is 12.9. The summed E-state index contributed by atoms with van der Waals surface area (Å²) in [4.78, 5) is 27.8. The van der Waals surface area contributed by atoms with Crippen molar-refractivity contribution in [3.63, 3.8) is 0 Å². The highest BCUT2D eigenvalue weighted by Crippen LogP contribution is 2.24. The molecule has 9 nitrogen and oxygen atoms in total. The highest BCUT2D eigenvalue weighted by molar-refractivity contribution is 6.02. The molecule has 166 valence electrons. The molecular weight excluding hydrogens is 422 g/mol. The molecule has 1 N–H and O–H groups in total. The number of nitro benzene ring substituents is 1. The summed E-state index contributed by atoms with van der Waals surface area (Å²) < 4.78 is 7.09. The lowest BCUT2D eigenvalue weighted by Crippen LogP contribution is -2.14. The van der Waals surface area contributed by atoms with Crippen LogP contribution in [-0.4, -0.2) is 32.2 Å². The number of nitro groups is 1. The molecule has 0 saturated heterocycles. The van der Waals surface area contributed by atoms with E-state index in [-0.39, 0.29) is 17.2 Å². The molecule has 0 unspecified atom stereocenters. The van der Waals surface area contributed by atoms with Gasteiger partial charge >= 0.3 is 0 Å². The number of anilines is 1. The van der Waals surface area contributed by atoms with Gasteiger partial charge in [0, 0.05) is 23.4 Å². The fourth-order valence-corrected chi connectivity index (χ4v) is 3.21. The van der Waals surface area contributed by atoms with Gasteiger partial charge < -0.3 is 10.1 Å². The van der Waals surface area contributed by atoms with Crippen molar-refractivity contribution in [1.29, 1.82) is 0 Å². The quantitative estimate of drug-likeness (QED) is 0.324. The first kappa shape index (κ1) is 21.7. The number of nitrogens with one attached hydrogen (secondary N) is 1. The first-order chi connectivity index (χ1) is 15.9. The Morgan fingerprint density at radius 3 is 2.48 bits per heavy atom. The van der Waals surface area contributed by atoms with Crippen LogP contribution in [0.15, 0.2) is 72.8 Å². The number of ether oxygens (including phenoxy) is 1. The third-order valence-electron chi connectivity index (χ3n) is 4.83. The molecular formula is C24H21N5O4. The Hall–Kier alpha value is -4.53. The van der Waals surface area contributed by atoms with Crippen LogP contribution in [0.3, 0.4) is 0 Å². The van der Waals surface area contributed by atoms with Crippen LogP contribution in [0.5, 0.6) is 5.75 Å². The monoisotopic (exact) mass is 443 g/mol. The molecule has 1 amide bonds. The van der Waals surface area contributed by atoms with Crippen molar-refractivity contribution >= 4 is 17.3 Å². The van der Waals surface area contributed by atoms with Gasteiger partial charge in [0.1, 0.15) is 5.75 Å². The van der Waals surface area contributed by atoms with E-state index in [0.717, 1.165) is 16.9 Å². The van der Waals surface area contributed by atoms with Gasteiger partial charge in [-0.1, -0.05) is 35.9 Å². The molecule has 1 heterocycles. The van der Waals surface area contributed by atoms with Gasteiger partial charge in [-0.2, -0.15) is 0 Å². The Balaban J connectivity index is 1.71. The van der Waals surface area contributed by atoms with Crippen molar-refractivity contribution in [2.45, 2.75) is 13.8 Å². The van der Waals surface area contributed by atoms with E-state index < -0.39 is 10.8 Å². The number of hydrogen-bond acceptors (Lipinski definition) is 6. The molecule has 33 heavy (non-hydrogen) atoms. The number of non-ortho nitro benzene ring substituents is 1. The van der Waals surface area contributed by atoms with Crippen LogP contribution in [-0.2, 0) is 0 Å². The average Bonchev–Trinajstić information content (AvgIpc) is 3.26. The normalized spacial score (nSPS) is 10.6. The summed E-state index contributed by atoms with van der Waals surface area (Å²) in [5.41, 5.74) is 2.74. The predicted octanol–water partition coefficient (Wildman–Crippen LogP) is 4.80. The van der Waals surface area contributed by atoms with E-state index in [2.05, 4.69) is 15.4 Å². The standard InChI is InChI=1S/C24H21N5O4/c1-3-33-21-13-11-19(12-14-21)28-23(17-9-7-16(2)8-10-17)26-22(27-28)24(30)25-18-5-4-6-20(15-18)29(31)32/h4-15H,3H2,1-2H3,(H,25,30). The second kappa shape index (κ2) is 9.31. The second-order valence-electron chi connectivity index (χ2n) is 7.23. The number of nitrogens with zero attached hydrogens (tertiary/aromatic N) is 4. The third kappa shape index (κ3) is 4.87. The number of aromatic nitrogens is 3. The smallest absolute Gasteiger partial charge is 0.295 e. The molecule has 0 aliphatic carbocycles. The van der Waals surface area contributed by atoms with Crippen LogP contribution in [0.2, 0.25) is 0 Å². The van der Waals surface area contributed by atoms with Crippen LogP contribution < -0.4 is 10.1 Å². The predicted molar refractivity (Wildman–Crippen MR) is 124 cm³/mol. The highest BCUT2D eigenvalue weighted by Gasteiger charge is 2.20.